The Balaban J connectivity index is 3.24. The van der Waals surface area contributed by atoms with E-state index in [2.05, 4.69) is 9.72 Å². The molecule has 1 aromatic heterocycles. The molecule has 0 radical (unpaired) electrons. The van der Waals surface area contributed by atoms with Crippen LogP contribution in [0.3, 0.4) is 0 Å². The fourth-order valence-corrected chi connectivity index (χ4v) is 1.39. The molecule has 1 aromatic rings. The molecule has 0 unspecified atom stereocenters. The molecule has 0 aliphatic carbocycles. The minimum Gasteiger partial charge on any atom is -0.466 e. The number of pyridine rings is 1. The van der Waals surface area contributed by atoms with Crippen LogP contribution in [-0.4, -0.2) is 17.6 Å². The second-order valence-electron chi connectivity index (χ2n) is 3.25. The third kappa shape index (κ3) is 2.97. The molecule has 96 valence electrons. The van der Waals surface area contributed by atoms with Crippen molar-refractivity contribution in [3.63, 3.8) is 0 Å². The van der Waals surface area contributed by atoms with Gasteiger partial charge < -0.3 is 4.74 Å². The van der Waals surface area contributed by atoms with Gasteiger partial charge in [0.15, 0.2) is 0 Å². The number of rotatable bonds is 4. The van der Waals surface area contributed by atoms with Crippen LogP contribution in [0.1, 0.15) is 30.0 Å². The molecule has 0 N–H and O–H groups in total. The number of carbonyl (C=O) groups is 1. The minimum absolute atomic E-state index is 0.0678. The largest absolute Gasteiger partial charge is 0.466 e. The van der Waals surface area contributed by atoms with E-state index in [1.807, 2.05) is 0 Å². The van der Waals surface area contributed by atoms with Crippen LogP contribution in [0, 0.1) is 17.3 Å². The van der Waals surface area contributed by atoms with Crippen LogP contribution in [0.15, 0.2) is 6.20 Å². The molecular formula is C11H9F3N2O2. The number of aromatic nitrogens is 1. The number of esters is 1. The summed E-state index contributed by atoms with van der Waals surface area (Å²) in [4.78, 5) is 14.3. The summed E-state index contributed by atoms with van der Waals surface area (Å²) in [7, 11) is 0. The molecule has 0 saturated carbocycles. The number of ether oxygens (including phenoxy) is 1. The Kier molecular flexibility index (Phi) is 4.66. The van der Waals surface area contributed by atoms with Crippen molar-refractivity contribution >= 4 is 5.97 Å². The van der Waals surface area contributed by atoms with Gasteiger partial charge in [-0.05, 0) is 12.5 Å². The standard InChI is InChI=1S/C11H9F3N2O2/c1-2-18-9(17)3-6-7(4-15)11(14)16-5-8(6)10(12)13/h5,10H,2-3H2,1H3. The van der Waals surface area contributed by atoms with Gasteiger partial charge >= 0.3 is 5.97 Å². The molecule has 0 fully saturated rings. The minimum atomic E-state index is -2.95. The number of halogens is 3. The summed E-state index contributed by atoms with van der Waals surface area (Å²) in [5.74, 6) is -1.98. The highest BCUT2D eigenvalue weighted by Crippen LogP contribution is 2.26. The van der Waals surface area contributed by atoms with E-state index in [-0.39, 0.29) is 12.2 Å². The van der Waals surface area contributed by atoms with Gasteiger partial charge in [0.1, 0.15) is 11.6 Å². The SMILES string of the molecule is CCOC(=O)Cc1c(C(F)F)cnc(F)c1C#N. The Bertz CT molecular complexity index is 498. The van der Waals surface area contributed by atoms with E-state index in [1.165, 1.54) is 6.07 Å². The molecule has 1 heterocycles. The van der Waals surface area contributed by atoms with E-state index in [9.17, 15) is 18.0 Å². The van der Waals surface area contributed by atoms with Crippen molar-refractivity contribution in [1.29, 1.82) is 5.26 Å². The molecule has 0 aromatic carbocycles. The highest BCUT2D eigenvalue weighted by molar-refractivity contribution is 5.74. The first kappa shape index (κ1) is 14.0. The summed E-state index contributed by atoms with van der Waals surface area (Å²) in [6, 6.07) is 1.43. The van der Waals surface area contributed by atoms with Crippen molar-refractivity contribution in [1.82, 2.24) is 4.98 Å². The van der Waals surface area contributed by atoms with Gasteiger partial charge in [-0.2, -0.15) is 9.65 Å². The molecule has 18 heavy (non-hydrogen) atoms. The highest BCUT2D eigenvalue weighted by atomic mass is 19.3. The Morgan fingerprint density at radius 1 is 1.61 bits per heavy atom. The van der Waals surface area contributed by atoms with Gasteiger partial charge in [0.05, 0.1) is 13.0 Å². The van der Waals surface area contributed by atoms with Crippen molar-refractivity contribution < 1.29 is 22.7 Å². The summed E-state index contributed by atoms with van der Waals surface area (Å²) >= 11 is 0. The van der Waals surface area contributed by atoms with Crippen LogP contribution in [0.2, 0.25) is 0 Å². The summed E-state index contributed by atoms with van der Waals surface area (Å²) in [5.41, 5.74) is -1.67. The molecular weight excluding hydrogens is 249 g/mol. The van der Waals surface area contributed by atoms with E-state index >= 15 is 0 Å². The lowest BCUT2D eigenvalue weighted by Gasteiger charge is -2.10. The summed E-state index contributed by atoms with van der Waals surface area (Å²) in [5, 5.41) is 8.72. The summed E-state index contributed by atoms with van der Waals surface area (Å²) in [6.45, 7) is 1.61. The Morgan fingerprint density at radius 3 is 2.78 bits per heavy atom. The Labute approximate surface area is 101 Å². The lowest BCUT2D eigenvalue weighted by molar-refractivity contribution is -0.142. The van der Waals surface area contributed by atoms with E-state index in [1.54, 1.807) is 6.92 Å². The molecule has 7 heteroatoms. The average molecular weight is 258 g/mol. The fourth-order valence-electron chi connectivity index (χ4n) is 1.39. The van der Waals surface area contributed by atoms with Crippen LogP contribution in [0.5, 0.6) is 0 Å². The van der Waals surface area contributed by atoms with Gasteiger partial charge in [-0.3, -0.25) is 4.79 Å². The van der Waals surface area contributed by atoms with Crippen LogP contribution < -0.4 is 0 Å². The van der Waals surface area contributed by atoms with Crippen molar-refractivity contribution in [3.8, 4) is 6.07 Å². The molecule has 0 aliphatic rings. The van der Waals surface area contributed by atoms with Gasteiger partial charge in [0.25, 0.3) is 6.43 Å². The van der Waals surface area contributed by atoms with Gasteiger partial charge in [-0.25, -0.2) is 13.8 Å². The number of hydrogen-bond acceptors (Lipinski definition) is 4. The third-order valence-electron chi connectivity index (χ3n) is 2.15. The van der Waals surface area contributed by atoms with Gasteiger partial charge in [0.2, 0.25) is 5.95 Å². The van der Waals surface area contributed by atoms with Crippen molar-refractivity contribution in [2.75, 3.05) is 6.61 Å². The molecule has 0 aliphatic heterocycles. The van der Waals surface area contributed by atoms with E-state index < -0.39 is 35.9 Å². The fraction of sp³-hybridized carbons (Fsp3) is 0.364. The number of nitrogens with zero attached hydrogens (tertiary/aromatic N) is 2. The number of nitriles is 1. The molecule has 0 bridgehead atoms. The van der Waals surface area contributed by atoms with E-state index in [4.69, 9.17) is 5.26 Å². The van der Waals surface area contributed by atoms with Gasteiger partial charge in [-0.15, -0.1) is 0 Å². The molecule has 0 amide bonds. The maximum atomic E-state index is 13.2. The molecule has 1 rings (SSSR count). The predicted molar refractivity (Wildman–Crippen MR) is 54.2 cm³/mol. The predicted octanol–water partition coefficient (Wildman–Crippen LogP) is 2.14. The number of carbonyl (C=O) groups excluding carboxylic acids is 1. The zero-order valence-electron chi connectivity index (χ0n) is 9.41. The second-order valence-corrected chi connectivity index (χ2v) is 3.25. The first-order valence-electron chi connectivity index (χ1n) is 5.02. The number of hydrogen-bond donors (Lipinski definition) is 0. The van der Waals surface area contributed by atoms with Crippen LogP contribution in [0.25, 0.3) is 0 Å². The topological polar surface area (TPSA) is 63.0 Å². The molecule has 4 nitrogen and oxygen atoms in total. The first-order chi connectivity index (χ1) is 8.51. The van der Waals surface area contributed by atoms with Crippen molar-refractivity contribution in [2.24, 2.45) is 0 Å². The summed E-state index contributed by atoms with van der Waals surface area (Å²) in [6.07, 6.45) is -2.92. The third-order valence-corrected chi connectivity index (χ3v) is 2.15. The monoisotopic (exact) mass is 258 g/mol. The first-order valence-corrected chi connectivity index (χ1v) is 5.02. The maximum absolute atomic E-state index is 13.2. The Morgan fingerprint density at radius 2 is 2.28 bits per heavy atom. The smallest absolute Gasteiger partial charge is 0.310 e. The van der Waals surface area contributed by atoms with Gasteiger partial charge in [-0.1, -0.05) is 0 Å². The Hall–Kier alpha value is -2.10. The van der Waals surface area contributed by atoms with Crippen LogP contribution in [-0.2, 0) is 16.0 Å². The summed E-state index contributed by atoms with van der Waals surface area (Å²) < 4.78 is 43.2. The zero-order valence-corrected chi connectivity index (χ0v) is 9.41. The lowest BCUT2D eigenvalue weighted by atomic mass is 10.0. The zero-order chi connectivity index (χ0) is 13.7. The molecule has 0 atom stereocenters. The quantitative estimate of drug-likeness (QED) is 0.613. The van der Waals surface area contributed by atoms with Crippen LogP contribution >= 0.6 is 0 Å². The van der Waals surface area contributed by atoms with E-state index in [0.717, 1.165) is 0 Å². The molecule has 0 saturated heterocycles. The maximum Gasteiger partial charge on any atom is 0.310 e. The van der Waals surface area contributed by atoms with Crippen LogP contribution in [0.4, 0.5) is 13.2 Å². The highest BCUT2D eigenvalue weighted by Gasteiger charge is 2.22. The lowest BCUT2D eigenvalue weighted by Crippen LogP contribution is -2.13. The molecule has 0 spiro atoms. The van der Waals surface area contributed by atoms with Crippen molar-refractivity contribution in [3.05, 3.63) is 28.8 Å². The van der Waals surface area contributed by atoms with Crippen molar-refractivity contribution in [2.45, 2.75) is 19.8 Å². The van der Waals surface area contributed by atoms with Gasteiger partial charge in [0, 0.05) is 11.8 Å². The normalized spacial score (nSPS) is 10.2. The van der Waals surface area contributed by atoms with E-state index in [0.29, 0.717) is 6.20 Å². The second kappa shape index (κ2) is 6.00. The number of alkyl halides is 2. The average Bonchev–Trinajstić information content (AvgIpc) is 2.29.